The van der Waals surface area contributed by atoms with Crippen LogP contribution in [0.25, 0.3) is 5.69 Å². The van der Waals surface area contributed by atoms with Gasteiger partial charge in [-0.1, -0.05) is 11.3 Å². The Labute approximate surface area is 186 Å². The Hall–Kier alpha value is -4.67. The second-order valence-corrected chi connectivity index (χ2v) is 6.95. The molecule has 4 rings (SSSR count). The molecule has 0 aliphatic carbocycles. The highest BCUT2D eigenvalue weighted by Gasteiger charge is 2.18. The number of pyridine rings is 1. The van der Waals surface area contributed by atoms with E-state index in [1.807, 2.05) is 0 Å². The summed E-state index contributed by atoms with van der Waals surface area (Å²) in [6.45, 7) is 1.82. The summed E-state index contributed by atoms with van der Waals surface area (Å²) in [5, 5.41) is 21.6. The Morgan fingerprint density at radius 2 is 1.97 bits per heavy atom. The second-order valence-electron chi connectivity index (χ2n) is 6.95. The number of halogens is 1. The van der Waals surface area contributed by atoms with Crippen LogP contribution in [-0.4, -0.2) is 30.8 Å². The molecule has 4 aromatic rings. The van der Waals surface area contributed by atoms with Gasteiger partial charge in [-0.3, -0.25) is 14.9 Å². The van der Waals surface area contributed by atoms with Crippen LogP contribution in [0.2, 0.25) is 0 Å². The van der Waals surface area contributed by atoms with Crippen molar-refractivity contribution in [3.05, 3.63) is 99.7 Å². The standard InChI is InChI=1S/C22H17FN6O4/c1-14-21(26-27-28(14)17-3-2-4-18(12-17)29(31)32)22(30)25-13-15-9-10-24-20(11-15)33-19-7-5-16(23)6-8-19/h2-12H,13H2,1H3,(H,25,30). The summed E-state index contributed by atoms with van der Waals surface area (Å²) in [7, 11) is 0. The lowest BCUT2D eigenvalue weighted by molar-refractivity contribution is -0.384. The highest BCUT2D eigenvalue weighted by molar-refractivity contribution is 5.93. The number of benzene rings is 2. The lowest BCUT2D eigenvalue weighted by Crippen LogP contribution is -2.24. The molecule has 0 radical (unpaired) electrons. The normalized spacial score (nSPS) is 10.6. The number of carbonyl (C=O) groups is 1. The van der Waals surface area contributed by atoms with Crippen molar-refractivity contribution in [2.24, 2.45) is 0 Å². The zero-order valence-electron chi connectivity index (χ0n) is 17.3. The third-order valence-electron chi connectivity index (χ3n) is 4.68. The number of carbonyl (C=O) groups excluding carboxylic acids is 1. The van der Waals surface area contributed by atoms with Gasteiger partial charge in [0.05, 0.1) is 16.3 Å². The highest BCUT2D eigenvalue weighted by atomic mass is 19.1. The molecular formula is C22H17FN6O4. The minimum absolute atomic E-state index is 0.0928. The first-order valence-corrected chi connectivity index (χ1v) is 9.74. The minimum atomic E-state index is -0.508. The van der Waals surface area contributed by atoms with Gasteiger partial charge in [-0.25, -0.2) is 14.1 Å². The molecule has 0 saturated heterocycles. The zero-order valence-corrected chi connectivity index (χ0v) is 17.3. The number of non-ortho nitro benzene ring substituents is 1. The van der Waals surface area contributed by atoms with Gasteiger partial charge in [-0.05, 0) is 48.9 Å². The average Bonchev–Trinajstić information content (AvgIpc) is 3.20. The maximum Gasteiger partial charge on any atom is 0.274 e. The van der Waals surface area contributed by atoms with Gasteiger partial charge in [0.2, 0.25) is 5.88 Å². The predicted octanol–water partition coefficient (Wildman–Crippen LogP) is 3.74. The Kier molecular flexibility index (Phi) is 6.02. The van der Waals surface area contributed by atoms with Crippen molar-refractivity contribution in [3.63, 3.8) is 0 Å². The number of amides is 1. The van der Waals surface area contributed by atoms with E-state index >= 15 is 0 Å². The van der Waals surface area contributed by atoms with Crippen molar-refractivity contribution in [3.8, 4) is 17.3 Å². The molecule has 166 valence electrons. The summed E-state index contributed by atoms with van der Waals surface area (Å²) < 4.78 is 20.0. The van der Waals surface area contributed by atoms with E-state index in [1.165, 1.54) is 53.3 Å². The number of aromatic nitrogens is 4. The highest BCUT2D eigenvalue weighted by Crippen LogP contribution is 2.21. The molecule has 10 nitrogen and oxygen atoms in total. The third-order valence-corrected chi connectivity index (χ3v) is 4.68. The summed E-state index contributed by atoms with van der Waals surface area (Å²) in [5.74, 6) is -0.105. The molecule has 0 atom stereocenters. The number of nitrogens with one attached hydrogen (secondary N) is 1. The molecule has 0 spiro atoms. The maximum atomic E-state index is 13.0. The molecule has 33 heavy (non-hydrogen) atoms. The fraction of sp³-hybridized carbons (Fsp3) is 0.0909. The van der Waals surface area contributed by atoms with Crippen molar-refractivity contribution in [2.45, 2.75) is 13.5 Å². The molecule has 0 aliphatic heterocycles. The smallest absolute Gasteiger partial charge is 0.274 e. The van der Waals surface area contributed by atoms with Crippen molar-refractivity contribution in [1.82, 2.24) is 25.3 Å². The van der Waals surface area contributed by atoms with E-state index < -0.39 is 10.8 Å². The van der Waals surface area contributed by atoms with Crippen LogP contribution in [-0.2, 0) is 6.54 Å². The van der Waals surface area contributed by atoms with Crippen LogP contribution >= 0.6 is 0 Å². The summed E-state index contributed by atoms with van der Waals surface area (Å²) in [5.41, 5.74) is 1.58. The number of hydrogen-bond acceptors (Lipinski definition) is 7. The van der Waals surface area contributed by atoms with Crippen molar-refractivity contribution in [2.75, 3.05) is 0 Å². The van der Waals surface area contributed by atoms with E-state index in [9.17, 15) is 19.3 Å². The van der Waals surface area contributed by atoms with Crippen LogP contribution in [0.1, 0.15) is 21.7 Å². The average molecular weight is 448 g/mol. The van der Waals surface area contributed by atoms with E-state index in [-0.39, 0.29) is 23.7 Å². The number of hydrogen-bond donors (Lipinski definition) is 1. The van der Waals surface area contributed by atoms with Crippen molar-refractivity contribution >= 4 is 11.6 Å². The number of nitro benzene ring substituents is 1. The number of rotatable bonds is 7. The van der Waals surface area contributed by atoms with Crippen LogP contribution in [0.5, 0.6) is 11.6 Å². The van der Waals surface area contributed by atoms with Crippen LogP contribution in [0.4, 0.5) is 10.1 Å². The van der Waals surface area contributed by atoms with Gasteiger partial charge < -0.3 is 10.1 Å². The molecule has 1 amide bonds. The molecule has 11 heteroatoms. The Morgan fingerprint density at radius 3 is 2.73 bits per heavy atom. The fourth-order valence-electron chi connectivity index (χ4n) is 3.03. The van der Waals surface area contributed by atoms with E-state index in [0.29, 0.717) is 23.0 Å². The van der Waals surface area contributed by atoms with Gasteiger partial charge in [0.1, 0.15) is 11.6 Å². The van der Waals surface area contributed by atoms with Gasteiger partial charge in [-0.2, -0.15) is 0 Å². The van der Waals surface area contributed by atoms with Gasteiger partial charge in [0.15, 0.2) is 5.69 Å². The lowest BCUT2D eigenvalue weighted by Gasteiger charge is -2.08. The van der Waals surface area contributed by atoms with Crippen molar-refractivity contribution in [1.29, 1.82) is 0 Å². The van der Waals surface area contributed by atoms with Crippen LogP contribution in [0.3, 0.4) is 0 Å². The van der Waals surface area contributed by atoms with Gasteiger partial charge in [0.25, 0.3) is 11.6 Å². The summed E-state index contributed by atoms with van der Waals surface area (Å²) in [4.78, 5) is 27.3. The van der Waals surface area contributed by atoms with E-state index in [1.54, 1.807) is 25.1 Å². The van der Waals surface area contributed by atoms with Crippen LogP contribution < -0.4 is 10.1 Å². The van der Waals surface area contributed by atoms with E-state index in [4.69, 9.17) is 4.74 Å². The molecule has 0 bridgehead atoms. The first kappa shape index (κ1) is 21.6. The topological polar surface area (TPSA) is 125 Å². The molecule has 0 unspecified atom stereocenters. The molecule has 1 N–H and O–H groups in total. The number of nitrogens with zero attached hydrogens (tertiary/aromatic N) is 5. The molecule has 2 aromatic heterocycles. The molecular weight excluding hydrogens is 431 g/mol. The van der Waals surface area contributed by atoms with Crippen LogP contribution in [0, 0.1) is 22.9 Å². The van der Waals surface area contributed by atoms with Crippen molar-refractivity contribution < 1.29 is 18.8 Å². The monoisotopic (exact) mass is 448 g/mol. The van der Waals surface area contributed by atoms with Gasteiger partial charge in [0, 0.05) is 30.9 Å². The molecule has 0 aliphatic rings. The molecule has 0 saturated carbocycles. The number of ether oxygens (including phenoxy) is 1. The first-order valence-electron chi connectivity index (χ1n) is 9.74. The van der Waals surface area contributed by atoms with Gasteiger partial charge in [-0.15, -0.1) is 5.10 Å². The largest absolute Gasteiger partial charge is 0.439 e. The predicted molar refractivity (Wildman–Crippen MR) is 115 cm³/mol. The Balaban J connectivity index is 1.44. The Morgan fingerprint density at radius 1 is 1.18 bits per heavy atom. The maximum absolute atomic E-state index is 13.0. The third kappa shape index (κ3) is 4.98. The summed E-state index contributed by atoms with van der Waals surface area (Å²) >= 11 is 0. The Bertz CT molecular complexity index is 1320. The molecule has 2 heterocycles. The fourth-order valence-corrected chi connectivity index (χ4v) is 3.03. The summed E-state index contributed by atoms with van der Waals surface area (Å²) in [6.07, 6.45) is 1.53. The molecule has 0 fully saturated rings. The quantitative estimate of drug-likeness (QED) is 0.337. The van der Waals surface area contributed by atoms with Crippen LogP contribution in [0.15, 0.2) is 66.9 Å². The zero-order chi connectivity index (χ0) is 23.4. The first-order chi connectivity index (χ1) is 15.9. The second kappa shape index (κ2) is 9.22. The van der Waals surface area contributed by atoms with Gasteiger partial charge >= 0.3 is 0 Å². The minimum Gasteiger partial charge on any atom is -0.439 e. The van der Waals surface area contributed by atoms with E-state index in [2.05, 4.69) is 20.6 Å². The number of nitro groups is 1. The SMILES string of the molecule is Cc1c(C(=O)NCc2ccnc(Oc3ccc(F)cc3)c2)nnn1-c1cccc([N+](=O)[O-])c1. The lowest BCUT2D eigenvalue weighted by atomic mass is 10.2. The van der Waals surface area contributed by atoms with E-state index in [0.717, 1.165) is 5.56 Å². The summed E-state index contributed by atoms with van der Waals surface area (Å²) in [6, 6.07) is 14.8. The molecule has 2 aromatic carbocycles.